The van der Waals surface area contributed by atoms with Crippen molar-refractivity contribution in [2.45, 2.75) is 9.79 Å². The SMILES string of the molecule is COc1ccccc1NS(=O)(=O)c1cccc(C(=O)Nc2cc3c(cc2SC)OCCO3)c1. The van der Waals surface area contributed by atoms with E-state index in [0.717, 1.165) is 4.90 Å². The summed E-state index contributed by atoms with van der Waals surface area (Å²) in [6.45, 7) is 0.898. The number of nitrogens with one attached hydrogen (secondary N) is 2. The Morgan fingerprint density at radius 2 is 1.70 bits per heavy atom. The Balaban J connectivity index is 1.58. The second-order valence-corrected chi connectivity index (χ2v) is 9.51. The Labute approximate surface area is 196 Å². The van der Waals surface area contributed by atoms with E-state index in [2.05, 4.69) is 10.0 Å². The van der Waals surface area contributed by atoms with Crippen LogP contribution in [-0.4, -0.2) is 40.9 Å². The quantitative estimate of drug-likeness (QED) is 0.482. The number of ether oxygens (including phenoxy) is 3. The van der Waals surface area contributed by atoms with Crippen LogP contribution in [0.4, 0.5) is 11.4 Å². The van der Waals surface area contributed by atoms with Gasteiger partial charge in [0.2, 0.25) is 0 Å². The topological polar surface area (TPSA) is 103 Å². The largest absolute Gasteiger partial charge is 0.495 e. The molecule has 2 N–H and O–H groups in total. The number of carbonyl (C=O) groups is 1. The molecule has 0 radical (unpaired) electrons. The first kappa shape index (κ1) is 22.8. The van der Waals surface area contributed by atoms with E-state index in [0.29, 0.717) is 41.8 Å². The molecule has 1 heterocycles. The first-order valence-electron chi connectivity index (χ1n) is 9.96. The molecule has 33 heavy (non-hydrogen) atoms. The predicted molar refractivity (Wildman–Crippen MR) is 127 cm³/mol. The highest BCUT2D eigenvalue weighted by atomic mass is 32.2. The summed E-state index contributed by atoms with van der Waals surface area (Å²) in [5, 5.41) is 2.84. The Bertz CT molecular complexity index is 1290. The van der Waals surface area contributed by atoms with Crippen molar-refractivity contribution < 1.29 is 27.4 Å². The van der Waals surface area contributed by atoms with E-state index in [1.807, 2.05) is 12.3 Å². The number of sulfonamides is 1. The normalized spacial score (nSPS) is 12.7. The summed E-state index contributed by atoms with van der Waals surface area (Å²) in [6, 6.07) is 16.0. The van der Waals surface area contributed by atoms with Crippen molar-refractivity contribution in [2.75, 3.05) is 36.6 Å². The summed E-state index contributed by atoms with van der Waals surface area (Å²) in [5.41, 5.74) is 1.05. The van der Waals surface area contributed by atoms with Crippen LogP contribution in [0.25, 0.3) is 0 Å². The third-order valence-corrected chi connectivity index (χ3v) is 7.01. The van der Waals surface area contributed by atoms with Gasteiger partial charge in [0.05, 0.1) is 23.4 Å². The lowest BCUT2D eigenvalue weighted by molar-refractivity contribution is 0.102. The minimum atomic E-state index is -3.95. The number of hydrogen-bond donors (Lipinski definition) is 2. The molecule has 8 nitrogen and oxygen atoms in total. The second kappa shape index (κ2) is 9.63. The number of carbonyl (C=O) groups excluding carboxylic acids is 1. The molecule has 10 heteroatoms. The monoisotopic (exact) mass is 486 g/mol. The van der Waals surface area contributed by atoms with Gasteiger partial charge in [-0.15, -0.1) is 11.8 Å². The highest BCUT2D eigenvalue weighted by molar-refractivity contribution is 7.98. The van der Waals surface area contributed by atoms with Crippen molar-refractivity contribution in [1.29, 1.82) is 0 Å². The number of anilines is 2. The van der Waals surface area contributed by atoms with E-state index in [9.17, 15) is 13.2 Å². The highest BCUT2D eigenvalue weighted by Crippen LogP contribution is 2.39. The smallest absolute Gasteiger partial charge is 0.262 e. The van der Waals surface area contributed by atoms with Gasteiger partial charge in [0.15, 0.2) is 11.5 Å². The van der Waals surface area contributed by atoms with Crippen LogP contribution in [0.1, 0.15) is 10.4 Å². The zero-order valence-corrected chi connectivity index (χ0v) is 19.6. The molecule has 0 bridgehead atoms. The molecule has 3 aromatic carbocycles. The summed E-state index contributed by atoms with van der Waals surface area (Å²) in [6.07, 6.45) is 1.89. The number of para-hydroxylation sites is 2. The maximum absolute atomic E-state index is 13.0. The van der Waals surface area contributed by atoms with E-state index in [1.54, 1.807) is 36.4 Å². The van der Waals surface area contributed by atoms with Gasteiger partial charge < -0.3 is 19.5 Å². The van der Waals surface area contributed by atoms with Gasteiger partial charge in [-0.1, -0.05) is 18.2 Å². The molecule has 1 amide bonds. The van der Waals surface area contributed by atoms with Crippen LogP contribution in [-0.2, 0) is 10.0 Å². The van der Waals surface area contributed by atoms with Crippen molar-refractivity contribution in [3.8, 4) is 17.2 Å². The third kappa shape index (κ3) is 5.01. The van der Waals surface area contributed by atoms with Crippen LogP contribution in [0.15, 0.2) is 70.5 Å². The molecule has 172 valence electrons. The lowest BCUT2D eigenvalue weighted by Gasteiger charge is -2.21. The van der Waals surface area contributed by atoms with E-state index in [1.165, 1.54) is 37.1 Å². The molecule has 1 aliphatic rings. The number of fused-ring (bicyclic) bond motifs is 1. The molecule has 0 fully saturated rings. The van der Waals surface area contributed by atoms with Gasteiger partial charge in [-0.05, 0) is 42.7 Å². The number of thioether (sulfide) groups is 1. The summed E-state index contributed by atoms with van der Waals surface area (Å²) >= 11 is 1.45. The molecule has 0 unspecified atom stereocenters. The fourth-order valence-corrected chi connectivity index (χ4v) is 4.94. The average molecular weight is 487 g/mol. The van der Waals surface area contributed by atoms with Crippen molar-refractivity contribution in [1.82, 2.24) is 0 Å². The van der Waals surface area contributed by atoms with E-state index < -0.39 is 15.9 Å². The lowest BCUT2D eigenvalue weighted by atomic mass is 10.2. The number of rotatable bonds is 7. The minimum Gasteiger partial charge on any atom is -0.495 e. The van der Waals surface area contributed by atoms with Gasteiger partial charge in [-0.2, -0.15) is 0 Å². The molecule has 0 atom stereocenters. The van der Waals surface area contributed by atoms with Crippen LogP contribution < -0.4 is 24.2 Å². The number of amides is 1. The van der Waals surface area contributed by atoms with E-state index in [4.69, 9.17) is 14.2 Å². The average Bonchev–Trinajstić information content (AvgIpc) is 2.83. The molecular formula is C23H22N2O6S2. The van der Waals surface area contributed by atoms with Crippen LogP contribution in [0.2, 0.25) is 0 Å². The lowest BCUT2D eigenvalue weighted by Crippen LogP contribution is -2.18. The Kier molecular flexibility index (Phi) is 6.66. The van der Waals surface area contributed by atoms with Gasteiger partial charge in [0, 0.05) is 16.5 Å². The first-order valence-corrected chi connectivity index (χ1v) is 12.7. The number of benzene rings is 3. The second-order valence-electron chi connectivity index (χ2n) is 6.98. The maximum Gasteiger partial charge on any atom is 0.262 e. The molecule has 3 aromatic rings. The van der Waals surface area contributed by atoms with E-state index >= 15 is 0 Å². The van der Waals surface area contributed by atoms with Gasteiger partial charge in [-0.3, -0.25) is 9.52 Å². The fraction of sp³-hybridized carbons (Fsp3) is 0.174. The fourth-order valence-electron chi connectivity index (χ4n) is 3.27. The molecule has 0 spiro atoms. The third-order valence-electron chi connectivity index (χ3n) is 4.87. The molecule has 1 aliphatic heterocycles. The van der Waals surface area contributed by atoms with Crippen molar-refractivity contribution >= 4 is 39.1 Å². The summed E-state index contributed by atoms with van der Waals surface area (Å²) in [4.78, 5) is 13.7. The van der Waals surface area contributed by atoms with Crippen molar-refractivity contribution in [3.63, 3.8) is 0 Å². The Hall–Kier alpha value is -3.37. The van der Waals surface area contributed by atoms with Crippen LogP contribution in [0.5, 0.6) is 17.2 Å². The first-order chi connectivity index (χ1) is 15.9. The van der Waals surface area contributed by atoms with E-state index in [-0.39, 0.29) is 10.5 Å². The van der Waals surface area contributed by atoms with Crippen molar-refractivity contribution in [2.24, 2.45) is 0 Å². The maximum atomic E-state index is 13.0. The summed E-state index contributed by atoms with van der Waals surface area (Å²) in [5.74, 6) is 1.11. The molecule has 0 aromatic heterocycles. The van der Waals surface area contributed by atoms with Gasteiger partial charge in [0.25, 0.3) is 15.9 Å². The Morgan fingerprint density at radius 3 is 2.42 bits per heavy atom. The van der Waals surface area contributed by atoms with Crippen molar-refractivity contribution in [3.05, 3.63) is 66.2 Å². The summed E-state index contributed by atoms with van der Waals surface area (Å²) < 4.78 is 44.8. The standard InChI is InChI=1S/C23H22N2O6S2/c1-29-19-9-4-3-8-17(19)25-33(27,28)16-7-5-6-15(12-16)23(26)24-18-13-20-21(14-22(18)32-2)31-11-10-30-20/h3-9,12-14,25H,10-11H2,1-2H3,(H,24,26). The highest BCUT2D eigenvalue weighted by Gasteiger charge is 2.20. The summed E-state index contributed by atoms with van der Waals surface area (Å²) in [7, 11) is -2.49. The molecular weight excluding hydrogens is 464 g/mol. The molecule has 0 aliphatic carbocycles. The Morgan fingerprint density at radius 1 is 0.970 bits per heavy atom. The number of methoxy groups -OCH3 is 1. The molecule has 0 saturated heterocycles. The molecule has 4 rings (SSSR count). The van der Waals surface area contributed by atoms with Crippen LogP contribution in [0.3, 0.4) is 0 Å². The number of hydrogen-bond acceptors (Lipinski definition) is 7. The van der Waals surface area contributed by atoms with Crippen LogP contribution >= 0.6 is 11.8 Å². The zero-order valence-electron chi connectivity index (χ0n) is 18.0. The minimum absolute atomic E-state index is 0.0479. The van der Waals surface area contributed by atoms with Crippen LogP contribution in [0, 0.1) is 0 Å². The zero-order chi connectivity index (χ0) is 23.4. The van der Waals surface area contributed by atoms with Gasteiger partial charge in [-0.25, -0.2) is 8.42 Å². The predicted octanol–water partition coefficient (Wildman–Crippen LogP) is 4.24. The van der Waals surface area contributed by atoms with Gasteiger partial charge in [0.1, 0.15) is 19.0 Å². The molecule has 0 saturated carbocycles. The van der Waals surface area contributed by atoms with Gasteiger partial charge >= 0.3 is 0 Å².